The highest BCUT2D eigenvalue weighted by molar-refractivity contribution is 5.79. The average Bonchev–Trinajstić information content (AvgIpc) is 2.63. The van der Waals surface area contributed by atoms with Crippen molar-refractivity contribution in [3.8, 4) is 0 Å². The minimum Gasteiger partial charge on any atom is -0.311 e. The van der Waals surface area contributed by atoms with Gasteiger partial charge >= 0.3 is 0 Å². The van der Waals surface area contributed by atoms with Gasteiger partial charge in [0.1, 0.15) is 12.5 Å². The van der Waals surface area contributed by atoms with Gasteiger partial charge in [0.2, 0.25) is 0 Å². The second kappa shape index (κ2) is 16.3. The lowest BCUT2D eigenvalue weighted by Gasteiger charge is -2.13. The number of Topliss-reactive ketones (excluding diaryl/α,β-unsaturated/α-hetero) is 1. The molecule has 0 aromatic heterocycles. The number of alkyl halides is 1. The first-order valence-corrected chi connectivity index (χ1v) is 7.16. The van der Waals surface area contributed by atoms with Crippen LogP contribution in [0.4, 0.5) is 4.39 Å². The Bertz CT molecular complexity index is 195. The van der Waals surface area contributed by atoms with E-state index in [0.717, 1.165) is 25.7 Å². The highest BCUT2D eigenvalue weighted by atomic mass is 19.1. The predicted octanol–water partition coefficient (Wildman–Crippen LogP) is 4.06. The topological polar surface area (TPSA) is 29.1 Å². The van der Waals surface area contributed by atoms with Gasteiger partial charge in [-0.2, -0.15) is 0 Å². The lowest BCUT2D eigenvalue weighted by atomic mass is 10.1. The summed E-state index contributed by atoms with van der Waals surface area (Å²) in [5.74, 6) is 0.323. The maximum Gasteiger partial charge on any atom is 0.134 e. The molecule has 0 aromatic carbocycles. The van der Waals surface area contributed by atoms with E-state index in [-0.39, 0.29) is 12.7 Å². The largest absolute Gasteiger partial charge is 0.311 e. The molecule has 0 heterocycles. The van der Waals surface area contributed by atoms with E-state index in [1.807, 2.05) is 19.9 Å². The number of allylic oxidation sites excluding steroid dienone is 1. The van der Waals surface area contributed by atoms with E-state index >= 15 is 0 Å². The molecule has 1 aliphatic carbocycles. The summed E-state index contributed by atoms with van der Waals surface area (Å²) >= 11 is 0. The van der Waals surface area contributed by atoms with E-state index in [1.54, 1.807) is 0 Å². The Morgan fingerprint density at radius 3 is 2.56 bits per heavy atom. The molecule has 18 heavy (non-hydrogen) atoms. The maximum absolute atomic E-state index is 11.8. The van der Waals surface area contributed by atoms with Crippen LogP contribution in [0.2, 0.25) is 0 Å². The Morgan fingerprint density at radius 2 is 2.06 bits per heavy atom. The number of carbonyl (C=O) groups is 1. The first kappa shape index (κ1) is 19.6. The van der Waals surface area contributed by atoms with Gasteiger partial charge in [0, 0.05) is 25.4 Å². The molecular formula is C15H30FNO. The maximum atomic E-state index is 11.8. The van der Waals surface area contributed by atoms with Crippen molar-refractivity contribution in [3.05, 3.63) is 12.7 Å². The molecule has 0 spiro atoms. The highest BCUT2D eigenvalue weighted by Crippen LogP contribution is 2.14. The molecule has 0 amide bonds. The molecule has 0 bridgehead atoms. The van der Waals surface area contributed by atoms with Gasteiger partial charge in [-0.05, 0) is 19.3 Å². The molecule has 1 saturated carbocycles. The average molecular weight is 259 g/mol. The van der Waals surface area contributed by atoms with Gasteiger partial charge in [0.15, 0.2) is 0 Å². The van der Waals surface area contributed by atoms with E-state index in [9.17, 15) is 9.18 Å². The normalized spacial score (nSPS) is 18.7. The lowest BCUT2D eigenvalue weighted by molar-refractivity contribution is -0.119. The standard InChI is InChI=1S/C9H16FNO.C4H8.C2H6/c10-5-6-11-8-3-1-2-4-9(12)7-8;1-3-4-2;1-2/h8,11H,1-7H2;3H,1,4H2,2H3;1-2H3. The van der Waals surface area contributed by atoms with Crippen LogP contribution in [0.15, 0.2) is 12.7 Å². The molecule has 3 heteroatoms. The zero-order chi connectivity index (χ0) is 14.2. The summed E-state index contributed by atoms with van der Waals surface area (Å²) in [4.78, 5) is 11.1. The van der Waals surface area contributed by atoms with Crippen molar-refractivity contribution in [1.82, 2.24) is 5.32 Å². The van der Waals surface area contributed by atoms with E-state index in [4.69, 9.17) is 0 Å². The number of rotatable bonds is 4. The van der Waals surface area contributed by atoms with Crippen LogP contribution in [0.25, 0.3) is 0 Å². The number of halogens is 1. The Balaban J connectivity index is 0. The molecule has 0 aromatic rings. The summed E-state index contributed by atoms with van der Waals surface area (Å²) < 4.78 is 11.8. The third kappa shape index (κ3) is 13.4. The van der Waals surface area contributed by atoms with Crippen molar-refractivity contribution in [1.29, 1.82) is 0 Å². The zero-order valence-electron chi connectivity index (χ0n) is 12.3. The highest BCUT2D eigenvalue weighted by Gasteiger charge is 2.16. The molecule has 1 aliphatic rings. The molecule has 0 saturated heterocycles. The molecule has 1 fully saturated rings. The number of hydrogen-bond acceptors (Lipinski definition) is 2. The molecular weight excluding hydrogens is 229 g/mol. The second-order valence-electron chi connectivity index (χ2n) is 4.03. The molecule has 1 unspecified atom stereocenters. The van der Waals surface area contributed by atoms with E-state index in [2.05, 4.69) is 18.8 Å². The molecule has 1 N–H and O–H groups in total. The van der Waals surface area contributed by atoms with Crippen molar-refractivity contribution < 1.29 is 9.18 Å². The van der Waals surface area contributed by atoms with Gasteiger partial charge in [-0.3, -0.25) is 4.79 Å². The quantitative estimate of drug-likeness (QED) is 0.609. The first-order chi connectivity index (χ1) is 8.74. The third-order valence-corrected chi connectivity index (χ3v) is 2.55. The van der Waals surface area contributed by atoms with Crippen LogP contribution in [0, 0.1) is 0 Å². The first-order valence-electron chi connectivity index (χ1n) is 7.16. The van der Waals surface area contributed by atoms with Crippen LogP contribution in [0.1, 0.15) is 59.3 Å². The lowest BCUT2D eigenvalue weighted by Crippen LogP contribution is -2.31. The Hall–Kier alpha value is -0.700. The van der Waals surface area contributed by atoms with Crippen LogP contribution in [-0.2, 0) is 4.79 Å². The van der Waals surface area contributed by atoms with Gasteiger partial charge < -0.3 is 5.32 Å². The predicted molar refractivity (Wildman–Crippen MR) is 77.7 cm³/mol. The van der Waals surface area contributed by atoms with Crippen molar-refractivity contribution in [2.45, 2.75) is 65.3 Å². The minimum atomic E-state index is -0.343. The number of hydrogen-bond donors (Lipinski definition) is 1. The fourth-order valence-electron chi connectivity index (χ4n) is 1.62. The van der Waals surface area contributed by atoms with Crippen molar-refractivity contribution in [3.63, 3.8) is 0 Å². The van der Waals surface area contributed by atoms with Gasteiger partial charge in [-0.25, -0.2) is 4.39 Å². The van der Waals surface area contributed by atoms with Gasteiger partial charge in [-0.15, -0.1) is 6.58 Å². The van der Waals surface area contributed by atoms with Crippen LogP contribution < -0.4 is 5.32 Å². The van der Waals surface area contributed by atoms with Crippen LogP contribution >= 0.6 is 0 Å². The van der Waals surface area contributed by atoms with E-state index in [0.29, 0.717) is 25.2 Å². The second-order valence-corrected chi connectivity index (χ2v) is 4.03. The van der Waals surface area contributed by atoms with Crippen LogP contribution in [0.3, 0.4) is 0 Å². The summed E-state index contributed by atoms with van der Waals surface area (Å²) in [6.45, 7) is 9.59. The summed E-state index contributed by atoms with van der Waals surface area (Å²) in [6, 6.07) is 0.232. The van der Waals surface area contributed by atoms with E-state index < -0.39 is 0 Å². The van der Waals surface area contributed by atoms with Crippen molar-refractivity contribution in [2.24, 2.45) is 0 Å². The molecule has 1 rings (SSSR count). The minimum absolute atomic E-state index is 0.232. The summed E-state index contributed by atoms with van der Waals surface area (Å²) in [5, 5.41) is 3.05. The number of nitrogens with one attached hydrogen (secondary N) is 1. The van der Waals surface area contributed by atoms with E-state index in [1.165, 1.54) is 0 Å². The Morgan fingerprint density at radius 1 is 1.44 bits per heavy atom. The fourth-order valence-corrected chi connectivity index (χ4v) is 1.62. The van der Waals surface area contributed by atoms with Crippen LogP contribution in [0.5, 0.6) is 0 Å². The SMILES string of the molecule is C=CCC.CC.O=C1CCCCC(NCCF)C1. The summed E-state index contributed by atoms with van der Waals surface area (Å²) in [5.41, 5.74) is 0. The Kier molecular flexibility index (Phi) is 17.8. The Labute approximate surface area is 112 Å². The van der Waals surface area contributed by atoms with Gasteiger partial charge in [0.25, 0.3) is 0 Å². The van der Waals surface area contributed by atoms with Crippen molar-refractivity contribution >= 4 is 5.78 Å². The summed E-state index contributed by atoms with van der Waals surface area (Å²) in [6.07, 6.45) is 7.39. The number of ketones is 1. The fraction of sp³-hybridized carbons (Fsp3) is 0.800. The monoisotopic (exact) mass is 259 g/mol. The molecule has 0 radical (unpaired) electrons. The smallest absolute Gasteiger partial charge is 0.134 e. The molecule has 2 nitrogen and oxygen atoms in total. The molecule has 1 atom stereocenters. The summed E-state index contributed by atoms with van der Waals surface area (Å²) in [7, 11) is 0. The third-order valence-electron chi connectivity index (χ3n) is 2.55. The molecule has 108 valence electrons. The van der Waals surface area contributed by atoms with Gasteiger partial charge in [0.05, 0.1) is 0 Å². The van der Waals surface area contributed by atoms with Crippen molar-refractivity contribution in [2.75, 3.05) is 13.2 Å². The molecule has 0 aliphatic heterocycles. The van der Waals surface area contributed by atoms with Gasteiger partial charge in [-0.1, -0.05) is 33.3 Å². The number of carbonyl (C=O) groups excluding carboxylic acids is 1. The van der Waals surface area contributed by atoms with Crippen LogP contribution in [-0.4, -0.2) is 25.0 Å². The zero-order valence-corrected chi connectivity index (χ0v) is 12.3.